The average Bonchev–Trinajstić information content (AvgIpc) is 3.51. The molecular formula is C23H28N2O4. The van der Waals surface area contributed by atoms with E-state index in [0.29, 0.717) is 11.0 Å². The van der Waals surface area contributed by atoms with Crippen molar-refractivity contribution in [1.29, 1.82) is 0 Å². The van der Waals surface area contributed by atoms with Crippen molar-refractivity contribution in [3.63, 3.8) is 0 Å². The maximum Gasteiger partial charge on any atom is 0.253 e. The van der Waals surface area contributed by atoms with Gasteiger partial charge in [-0.3, -0.25) is 9.78 Å². The van der Waals surface area contributed by atoms with Gasteiger partial charge < -0.3 is 19.9 Å². The number of allylic oxidation sites excluding steroid dienone is 2. The van der Waals surface area contributed by atoms with Crippen molar-refractivity contribution in [3.8, 4) is 5.75 Å². The molecule has 2 aliphatic carbocycles. The Labute approximate surface area is 170 Å². The predicted molar refractivity (Wildman–Crippen MR) is 112 cm³/mol. The Morgan fingerprint density at radius 3 is 2.66 bits per heavy atom. The highest BCUT2D eigenvalue weighted by molar-refractivity contribution is 6.00. The van der Waals surface area contributed by atoms with Gasteiger partial charge in [0.05, 0.1) is 24.2 Å². The first kappa shape index (κ1) is 19.9. The summed E-state index contributed by atoms with van der Waals surface area (Å²) in [5, 5.41) is 13.3. The van der Waals surface area contributed by atoms with Crippen LogP contribution in [0.25, 0.3) is 16.5 Å². The molecule has 4 rings (SSSR count). The number of carbonyl (C=O) groups excluding carboxylic acids is 1. The highest BCUT2D eigenvalue weighted by Crippen LogP contribution is 2.56. The van der Waals surface area contributed by atoms with Crippen molar-refractivity contribution in [1.82, 2.24) is 10.3 Å². The quantitative estimate of drug-likeness (QED) is 0.728. The van der Waals surface area contributed by atoms with Crippen LogP contribution in [0.15, 0.2) is 30.5 Å². The second kappa shape index (κ2) is 7.76. The van der Waals surface area contributed by atoms with Crippen LogP contribution >= 0.6 is 0 Å². The maximum atomic E-state index is 12.6. The van der Waals surface area contributed by atoms with Gasteiger partial charge in [-0.2, -0.15) is 0 Å². The van der Waals surface area contributed by atoms with E-state index in [1.54, 1.807) is 20.2 Å². The lowest BCUT2D eigenvalue weighted by atomic mass is 9.83. The van der Waals surface area contributed by atoms with Crippen LogP contribution in [0.2, 0.25) is 0 Å². The lowest BCUT2D eigenvalue weighted by molar-refractivity contribution is -0.0911. The first-order valence-corrected chi connectivity index (χ1v) is 10.1. The number of fused-ring (bicyclic) bond motifs is 1. The molecule has 1 spiro atoms. The highest BCUT2D eigenvalue weighted by atomic mass is 16.6. The SMILES string of the molecule is COc1cc(C2=CCC3(CC2)CC3)c2ncc(C(=O)N[C@@H](C)[C@@H](O)OC)cc2c1. The molecule has 6 heteroatoms. The second-order valence-corrected chi connectivity index (χ2v) is 8.29. The molecule has 1 amide bonds. The van der Waals surface area contributed by atoms with Crippen LogP contribution in [0, 0.1) is 5.41 Å². The van der Waals surface area contributed by atoms with E-state index in [9.17, 15) is 9.90 Å². The fraction of sp³-hybridized carbons (Fsp3) is 0.478. The average molecular weight is 396 g/mol. The number of benzene rings is 1. The van der Waals surface area contributed by atoms with Crippen LogP contribution in [0.4, 0.5) is 0 Å². The third-order valence-electron chi connectivity index (χ3n) is 6.29. The molecule has 0 aliphatic heterocycles. The normalized spacial score (nSPS) is 19.5. The van der Waals surface area contributed by atoms with Crippen molar-refractivity contribution in [2.24, 2.45) is 5.41 Å². The minimum absolute atomic E-state index is 0.306. The minimum atomic E-state index is -1.06. The van der Waals surface area contributed by atoms with E-state index in [4.69, 9.17) is 9.47 Å². The van der Waals surface area contributed by atoms with Crippen LogP contribution in [-0.4, -0.2) is 42.5 Å². The topological polar surface area (TPSA) is 80.7 Å². The minimum Gasteiger partial charge on any atom is -0.497 e. The summed E-state index contributed by atoms with van der Waals surface area (Å²) in [5.41, 5.74) is 4.28. The molecule has 1 fully saturated rings. The van der Waals surface area contributed by atoms with E-state index in [-0.39, 0.29) is 5.91 Å². The monoisotopic (exact) mass is 396 g/mol. The van der Waals surface area contributed by atoms with Crippen molar-refractivity contribution in [2.75, 3.05) is 14.2 Å². The predicted octanol–water partition coefficient (Wildman–Crippen LogP) is 3.67. The third-order valence-corrected chi connectivity index (χ3v) is 6.29. The zero-order chi connectivity index (χ0) is 20.6. The first-order chi connectivity index (χ1) is 13.9. The number of nitrogens with zero attached hydrogens (tertiary/aromatic N) is 1. The molecule has 2 atom stereocenters. The summed E-state index contributed by atoms with van der Waals surface area (Å²) < 4.78 is 10.4. The van der Waals surface area contributed by atoms with Gasteiger partial charge in [0.25, 0.3) is 5.91 Å². The van der Waals surface area contributed by atoms with Gasteiger partial charge in [-0.1, -0.05) is 6.08 Å². The molecule has 1 saturated carbocycles. The second-order valence-electron chi connectivity index (χ2n) is 8.29. The van der Waals surface area contributed by atoms with Crippen LogP contribution in [0.3, 0.4) is 0 Å². The fourth-order valence-electron chi connectivity index (χ4n) is 4.09. The zero-order valence-electron chi connectivity index (χ0n) is 17.2. The van der Waals surface area contributed by atoms with Gasteiger partial charge in [-0.05, 0) is 68.2 Å². The summed E-state index contributed by atoms with van der Waals surface area (Å²) in [7, 11) is 3.04. The van der Waals surface area contributed by atoms with Gasteiger partial charge in [0.1, 0.15) is 5.75 Å². The van der Waals surface area contributed by atoms with E-state index in [1.165, 1.54) is 31.9 Å². The molecule has 1 aromatic heterocycles. The molecule has 0 saturated heterocycles. The summed E-state index contributed by atoms with van der Waals surface area (Å²) in [6, 6.07) is 5.23. The lowest BCUT2D eigenvalue weighted by Crippen LogP contribution is -2.41. The molecule has 1 aromatic carbocycles. The number of hydrogen-bond donors (Lipinski definition) is 2. The van der Waals surface area contributed by atoms with Gasteiger partial charge in [0.2, 0.25) is 0 Å². The summed E-state index contributed by atoms with van der Waals surface area (Å²) >= 11 is 0. The number of carbonyl (C=O) groups is 1. The highest BCUT2D eigenvalue weighted by Gasteiger charge is 2.42. The van der Waals surface area contributed by atoms with E-state index >= 15 is 0 Å². The number of hydrogen-bond acceptors (Lipinski definition) is 5. The number of aliphatic hydroxyl groups is 1. The van der Waals surface area contributed by atoms with Gasteiger partial charge in [-0.15, -0.1) is 0 Å². The van der Waals surface area contributed by atoms with Gasteiger partial charge >= 0.3 is 0 Å². The maximum absolute atomic E-state index is 12.6. The lowest BCUT2D eigenvalue weighted by Gasteiger charge is -2.22. The molecule has 2 aliphatic rings. The molecule has 0 bridgehead atoms. The molecular weight excluding hydrogens is 368 g/mol. The van der Waals surface area contributed by atoms with E-state index in [2.05, 4.69) is 16.4 Å². The van der Waals surface area contributed by atoms with Crippen LogP contribution in [-0.2, 0) is 4.74 Å². The van der Waals surface area contributed by atoms with Gasteiger partial charge in [0, 0.05) is 24.3 Å². The number of methoxy groups -OCH3 is 2. The van der Waals surface area contributed by atoms with E-state index in [0.717, 1.165) is 35.1 Å². The number of aromatic nitrogens is 1. The number of amides is 1. The number of nitrogens with one attached hydrogen (secondary N) is 1. The molecule has 1 heterocycles. The molecule has 154 valence electrons. The van der Waals surface area contributed by atoms with Crippen LogP contribution in [0.5, 0.6) is 5.75 Å². The molecule has 2 N–H and O–H groups in total. The summed E-state index contributed by atoms with van der Waals surface area (Å²) in [6.45, 7) is 1.68. The Hall–Kier alpha value is -2.44. The van der Waals surface area contributed by atoms with E-state index < -0.39 is 12.3 Å². The molecule has 0 unspecified atom stereocenters. The Morgan fingerprint density at radius 2 is 2.03 bits per heavy atom. The van der Waals surface area contributed by atoms with Crippen molar-refractivity contribution in [2.45, 2.75) is 51.4 Å². The standard InChI is InChI=1S/C23H28N2O4/c1-14(22(27)29-3)25-21(26)17-10-16-11-18(28-2)12-19(20(16)24-13-17)15-4-6-23(7-5-15)8-9-23/h4,10-14,22,27H,5-9H2,1-3H3,(H,25,26)/t14-,22-/m0/s1. The fourth-order valence-corrected chi connectivity index (χ4v) is 4.09. The van der Waals surface area contributed by atoms with Crippen LogP contribution < -0.4 is 10.1 Å². The van der Waals surface area contributed by atoms with Crippen molar-refractivity contribution in [3.05, 3.63) is 41.6 Å². The Bertz CT molecular complexity index is 965. The molecule has 0 radical (unpaired) electrons. The smallest absolute Gasteiger partial charge is 0.253 e. The Balaban J connectivity index is 1.66. The Morgan fingerprint density at radius 1 is 1.24 bits per heavy atom. The van der Waals surface area contributed by atoms with Crippen molar-refractivity contribution >= 4 is 22.4 Å². The number of pyridine rings is 1. The third kappa shape index (κ3) is 4.00. The van der Waals surface area contributed by atoms with Crippen LogP contribution in [0.1, 0.15) is 54.9 Å². The zero-order valence-corrected chi connectivity index (χ0v) is 17.2. The van der Waals surface area contributed by atoms with Gasteiger partial charge in [0.15, 0.2) is 6.29 Å². The summed E-state index contributed by atoms with van der Waals surface area (Å²) in [4.78, 5) is 17.2. The largest absolute Gasteiger partial charge is 0.497 e. The van der Waals surface area contributed by atoms with E-state index in [1.807, 2.05) is 18.2 Å². The molecule has 6 nitrogen and oxygen atoms in total. The van der Waals surface area contributed by atoms with Crippen molar-refractivity contribution < 1.29 is 19.4 Å². The molecule has 29 heavy (non-hydrogen) atoms. The first-order valence-electron chi connectivity index (χ1n) is 10.1. The number of aliphatic hydroxyl groups excluding tert-OH is 1. The number of rotatable bonds is 6. The summed E-state index contributed by atoms with van der Waals surface area (Å²) in [6.07, 6.45) is 9.02. The number of ether oxygens (including phenoxy) is 2. The summed E-state index contributed by atoms with van der Waals surface area (Å²) in [5.74, 6) is 0.447. The molecule has 2 aromatic rings. The van der Waals surface area contributed by atoms with Gasteiger partial charge in [-0.25, -0.2) is 0 Å². The Kier molecular flexibility index (Phi) is 5.32.